The minimum Gasteiger partial charge on any atom is -0.484 e. The Morgan fingerprint density at radius 2 is 1.80 bits per heavy atom. The first-order valence-electron chi connectivity index (χ1n) is 8.99. The van der Waals surface area contributed by atoms with E-state index < -0.39 is 0 Å². The fourth-order valence-corrected chi connectivity index (χ4v) is 3.05. The standard InChI is InChI=1S/C20H27ClN2O2/c1-4-5-6-7-8-9-19-15(2)22-23(16(19)3)20(24)14-25-18-12-10-17(21)11-13-18/h10-13H,4-9,14H2,1-3H3. The van der Waals surface area contributed by atoms with Crippen LogP contribution in [0.3, 0.4) is 0 Å². The lowest BCUT2D eigenvalue weighted by atomic mass is 10.0. The zero-order chi connectivity index (χ0) is 18.2. The maximum absolute atomic E-state index is 12.4. The van der Waals surface area contributed by atoms with E-state index in [0.29, 0.717) is 10.8 Å². The van der Waals surface area contributed by atoms with Crippen molar-refractivity contribution in [2.45, 2.75) is 59.3 Å². The highest BCUT2D eigenvalue weighted by atomic mass is 35.5. The molecular formula is C20H27ClN2O2. The smallest absolute Gasteiger partial charge is 0.284 e. The summed E-state index contributed by atoms with van der Waals surface area (Å²) in [6.45, 7) is 6.11. The van der Waals surface area contributed by atoms with Gasteiger partial charge in [-0.3, -0.25) is 4.79 Å². The average molecular weight is 363 g/mol. The number of aromatic nitrogens is 2. The van der Waals surface area contributed by atoms with Gasteiger partial charge in [-0.2, -0.15) is 5.10 Å². The predicted molar refractivity (Wildman–Crippen MR) is 102 cm³/mol. The van der Waals surface area contributed by atoms with Gasteiger partial charge in [0.25, 0.3) is 5.91 Å². The van der Waals surface area contributed by atoms with Crippen LogP contribution in [0, 0.1) is 13.8 Å². The highest BCUT2D eigenvalue weighted by Crippen LogP contribution is 2.18. The van der Waals surface area contributed by atoms with E-state index in [1.54, 1.807) is 24.3 Å². The molecule has 0 spiro atoms. The van der Waals surface area contributed by atoms with Gasteiger partial charge >= 0.3 is 0 Å². The van der Waals surface area contributed by atoms with Gasteiger partial charge in [-0.1, -0.05) is 44.2 Å². The first-order chi connectivity index (χ1) is 12.0. The number of nitrogens with zero attached hydrogens (tertiary/aromatic N) is 2. The number of ether oxygens (including phenoxy) is 1. The number of hydrogen-bond donors (Lipinski definition) is 0. The minimum atomic E-state index is -0.159. The molecule has 2 rings (SSSR count). The van der Waals surface area contributed by atoms with E-state index in [1.807, 2.05) is 13.8 Å². The summed E-state index contributed by atoms with van der Waals surface area (Å²) in [6.07, 6.45) is 7.16. The molecule has 0 aliphatic carbocycles. The molecule has 25 heavy (non-hydrogen) atoms. The molecule has 1 aromatic carbocycles. The summed E-state index contributed by atoms with van der Waals surface area (Å²) in [6, 6.07) is 6.97. The Hall–Kier alpha value is -1.81. The number of benzene rings is 1. The fourth-order valence-electron chi connectivity index (χ4n) is 2.92. The number of carbonyl (C=O) groups excluding carboxylic acids is 1. The molecular weight excluding hydrogens is 336 g/mol. The molecule has 1 heterocycles. The van der Waals surface area contributed by atoms with Crippen LogP contribution in [0.2, 0.25) is 5.02 Å². The van der Waals surface area contributed by atoms with Gasteiger partial charge in [0.05, 0.1) is 5.69 Å². The van der Waals surface area contributed by atoms with E-state index in [2.05, 4.69) is 12.0 Å². The molecule has 0 saturated carbocycles. The summed E-state index contributed by atoms with van der Waals surface area (Å²) in [7, 11) is 0. The second-order valence-corrected chi connectivity index (χ2v) is 6.80. The molecule has 0 radical (unpaired) electrons. The van der Waals surface area contributed by atoms with E-state index in [1.165, 1.54) is 35.9 Å². The third kappa shape index (κ3) is 5.60. The van der Waals surface area contributed by atoms with Crippen LogP contribution >= 0.6 is 11.6 Å². The Bertz CT molecular complexity index is 692. The van der Waals surface area contributed by atoms with Crippen molar-refractivity contribution < 1.29 is 9.53 Å². The van der Waals surface area contributed by atoms with Crippen LogP contribution in [0.4, 0.5) is 0 Å². The van der Waals surface area contributed by atoms with Crippen molar-refractivity contribution in [2.24, 2.45) is 0 Å². The molecule has 0 amide bonds. The Morgan fingerprint density at radius 1 is 1.12 bits per heavy atom. The molecule has 0 unspecified atom stereocenters. The molecule has 136 valence electrons. The molecule has 0 atom stereocenters. The topological polar surface area (TPSA) is 44.1 Å². The molecule has 0 fully saturated rings. The van der Waals surface area contributed by atoms with Crippen molar-refractivity contribution >= 4 is 17.5 Å². The Balaban J connectivity index is 1.93. The molecule has 0 saturated heterocycles. The highest BCUT2D eigenvalue weighted by Gasteiger charge is 2.16. The quantitative estimate of drug-likeness (QED) is 0.562. The molecule has 5 heteroatoms. The molecule has 4 nitrogen and oxygen atoms in total. The maximum Gasteiger partial charge on any atom is 0.284 e. The zero-order valence-electron chi connectivity index (χ0n) is 15.3. The lowest BCUT2D eigenvalue weighted by Crippen LogP contribution is -2.21. The summed E-state index contributed by atoms with van der Waals surface area (Å²) < 4.78 is 7.02. The van der Waals surface area contributed by atoms with Crippen molar-refractivity contribution in [1.82, 2.24) is 9.78 Å². The normalized spacial score (nSPS) is 10.9. The van der Waals surface area contributed by atoms with Crippen molar-refractivity contribution in [1.29, 1.82) is 0 Å². The molecule has 1 aromatic heterocycles. The molecule has 0 N–H and O–H groups in total. The van der Waals surface area contributed by atoms with Crippen LogP contribution in [-0.4, -0.2) is 22.3 Å². The van der Waals surface area contributed by atoms with Gasteiger partial charge in [0.2, 0.25) is 0 Å². The number of rotatable bonds is 9. The van der Waals surface area contributed by atoms with Crippen molar-refractivity contribution in [2.75, 3.05) is 6.61 Å². The van der Waals surface area contributed by atoms with Gasteiger partial charge in [-0.25, -0.2) is 4.68 Å². The second kappa shape index (κ2) is 9.62. The molecule has 2 aromatic rings. The lowest BCUT2D eigenvalue weighted by molar-refractivity contribution is 0.0818. The first kappa shape index (κ1) is 19.5. The van der Waals surface area contributed by atoms with Gasteiger partial charge in [0, 0.05) is 10.7 Å². The van der Waals surface area contributed by atoms with Crippen LogP contribution in [-0.2, 0) is 6.42 Å². The number of halogens is 1. The SMILES string of the molecule is CCCCCCCc1c(C)nn(C(=O)COc2ccc(Cl)cc2)c1C. The van der Waals surface area contributed by atoms with E-state index in [0.717, 1.165) is 24.2 Å². The van der Waals surface area contributed by atoms with Gasteiger partial charge in [-0.15, -0.1) is 0 Å². The molecule has 0 aliphatic rings. The lowest BCUT2D eigenvalue weighted by Gasteiger charge is -2.07. The van der Waals surface area contributed by atoms with Crippen molar-refractivity contribution in [3.05, 3.63) is 46.2 Å². The van der Waals surface area contributed by atoms with E-state index in [4.69, 9.17) is 16.3 Å². The third-order valence-electron chi connectivity index (χ3n) is 4.38. The van der Waals surface area contributed by atoms with Crippen molar-refractivity contribution in [3.63, 3.8) is 0 Å². The van der Waals surface area contributed by atoms with Gasteiger partial charge < -0.3 is 4.74 Å². The van der Waals surface area contributed by atoms with Gasteiger partial charge in [-0.05, 0) is 56.5 Å². The van der Waals surface area contributed by atoms with E-state index in [-0.39, 0.29) is 12.5 Å². The number of hydrogen-bond acceptors (Lipinski definition) is 3. The summed E-state index contributed by atoms with van der Waals surface area (Å²) in [4.78, 5) is 12.4. The van der Waals surface area contributed by atoms with Gasteiger partial charge in [0.1, 0.15) is 5.75 Å². The predicted octanol–water partition coefficient (Wildman–Crippen LogP) is 5.39. The second-order valence-electron chi connectivity index (χ2n) is 6.36. The van der Waals surface area contributed by atoms with E-state index >= 15 is 0 Å². The van der Waals surface area contributed by atoms with E-state index in [9.17, 15) is 4.79 Å². The number of aryl methyl sites for hydroxylation is 1. The summed E-state index contributed by atoms with van der Waals surface area (Å²) >= 11 is 5.84. The average Bonchev–Trinajstić information content (AvgIpc) is 2.89. The number of carbonyl (C=O) groups is 1. The van der Waals surface area contributed by atoms with Gasteiger partial charge in [0.15, 0.2) is 6.61 Å². The zero-order valence-corrected chi connectivity index (χ0v) is 16.1. The Labute approximate surface area is 155 Å². The van der Waals surface area contributed by atoms with Crippen LogP contribution < -0.4 is 4.74 Å². The maximum atomic E-state index is 12.4. The van der Waals surface area contributed by atoms with Crippen LogP contribution in [0.5, 0.6) is 5.75 Å². The minimum absolute atomic E-state index is 0.0421. The molecule has 0 aliphatic heterocycles. The van der Waals surface area contributed by atoms with Crippen LogP contribution in [0.25, 0.3) is 0 Å². The largest absolute Gasteiger partial charge is 0.484 e. The number of unbranched alkanes of at least 4 members (excludes halogenated alkanes) is 4. The van der Waals surface area contributed by atoms with Crippen LogP contribution in [0.15, 0.2) is 24.3 Å². The highest BCUT2D eigenvalue weighted by molar-refractivity contribution is 6.30. The van der Waals surface area contributed by atoms with Crippen LogP contribution in [0.1, 0.15) is 60.8 Å². The van der Waals surface area contributed by atoms with Crippen molar-refractivity contribution in [3.8, 4) is 5.75 Å². The third-order valence-corrected chi connectivity index (χ3v) is 4.64. The first-order valence-corrected chi connectivity index (χ1v) is 9.37. The fraction of sp³-hybridized carbons (Fsp3) is 0.500. The summed E-state index contributed by atoms with van der Waals surface area (Å²) in [5.41, 5.74) is 3.06. The molecule has 0 bridgehead atoms. The summed E-state index contributed by atoms with van der Waals surface area (Å²) in [5.74, 6) is 0.461. The monoisotopic (exact) mass is 362 g/mol. The summed E-state index contributed by atoms with van der Waals surface area (Å²) in [5, 5.41) is 5.06. The Morgan fingerprint density at radius 3 is 2.48 bits per heavy atom. The Kier molecular flexibility index (Phi) is 7.51.